The van der Waals surface area contributed by atoms with Crippen LogP contribution in [0.4, 0.5) is 0 Å². The van der Waals surface area contributed by atoms with Crippen molar-refractivity contribution in [1.82, 2.24) is 9.55 Å². The van der Waals surface area contributed by atoms with Crippen molar-refractivity contribution in [2.24, 2.45) is 0 Å². The predicted octanol–water partition coefficient (Wildman–Crippen LogP) is 2.71. The Balaban J connectivity index is 2.35. The van der Waals surface area contributed by atoms with E-state index in [2.05, 4.69) is 30.3 Å². The number of carboxylic acid groups (broad SMARTS) is 1. The second kappa shape index (κ2) is 6.18. The van der Waals surface area contributed by atoms with E-state index in [0.29, 0.717) is 5.92 Å². The average molecular weight is 298 g/mol. The van der Waals surface area contributed by atoms with Crippen LogP contribution < -0.4 is 0 Å². The molecule has 1 fully saturated rings. The van der Waals surface area contributed by atoms with Crippen molar-refractivity contribution in [2.75, 3.05) is 19.0 Å². The lowest BCUT2D eigenvalue weighted by Crippen LogP contribution is -2.38. The van der Waals surface area contributed by atoms with Gasteiger partial charge in [-0.1, -0.05) is 25.6 Å². The van der Waals surface area contributed by atoms with E-state index in [0.717, 1.165) is 31.2 Å². The molecule has 0 bridgehead atoms. The zero-order valence-corrected chi connectivity index (χ0v) is 13.1. The fraction of sp³-hybridized carbons (Fsp3) is 0.714. The third-order valence-electron chi connectivity index (χ3n) is 3.78. The van der Waals surface area contributed by atoms with E-state index in [9.17, 15) is 4.79 Å². The predicted molar refractivity (Wildman–Crippen MR) is 78.4 cm³/mol. The molecule has 1 aromatic rings. The summed E-state index contributed by atoms with van der Waals surface area (Å²) in [7, 11) is 0. The lowest BCUT2D eigenvalue weighted by atomic mass is 9.91. The van der Waals surface area contributed by atoms with E-state index < -0.39 is 5.97 Å². The van der Waals surface area contributed by atoms with Crippen molar-refractivity contribution in [1.29, 1.82) is 0 Å². The molecular formula is C14H22N2O3S. The molecule has 1 aliphatic heterocycles. The molecule has 2 rings (SSSR count). The minimum Gasteiger partial charge on any atom is -0.481 e. The number of aromatic nitrogens is 2. The van der Waals surface area contributed by atoms with Gasteiger partial charge in [0.1, 0.15) is 0 Å². The van der Waals surface area contributed by atoms with Gasteiger partial charge in [0.15, 0.2) is 5.16 Å². The molecule has 20 heavy (non-hydrogen) atoms. The Bertz CT molecular complexity index is 479. The average Bonchev–Trinajstić information content (AvgIpc) is 2.82. The van der Waals surface area contributed by atoms with E-state index >= 15 is 0 Å². The van der Waals surface area contributed by atoms with Crippen LogP contribution >= 0.6 is 11.8 Å². The smallest absolute Gasteiger partial charge is 0.313 e. The Kier molecular flexibility index (Phi) is 4.75. The fourth-order valence-electron chi connectivity index (χ4n) is 2.56. The van der Waals surface area contributed by atoms with Crippen molar-refractivity contribution >= 4 is 17.7 Å². The fourth-order valence-corrected chi connectivity index (χ4v) is 3.39. The number of ether oxygens (including phenoxy) is 1. The molecular weight excluding hydrogens is 276 g/mol. The molecule has 0 spiro atoms. The molecule has 5 nitrogen and oxygen atoms in total. The number of hydrogen-bond acceptors (Lipinski definition) is 4. The topological polar surface area (TPSA) is 64.3 Å². The summed E-state index contributed by atoms with van der Waals surface area (Å²) >= 11 is 1.30. The molecule has 2 heterocycles. The van der Waals surface area contributed by atoms with Gasteiger partial charge in [0.25, 0.3) is 0 Å². The van der Waals surface area contributed by atoms with E-state index in [1.165, 1.54) is 17.5 Å². The first-order valence-electron chi connectivity index (χ1n) is 6.94. The number of rotatable bonds is 5. The number of imidazole rings is 1. The van der Waals surface area contributed by atoms with E-state index in [-0.39, 0.29) is 11.3 Å². The maximum Gasteiger partial charge on any atom is 0.313 e. The zero-order valence-electron chi connectivity index (χ0n) is 12.3. The second-order valence-corrected chi connectivity index (χ2v) is 6.69. The molecule has 1 saturated heterocycles. The summed E-state index contributed by atoms with van der Waals surface area (Å²) in [5, 5.41) is 9.68. The van der Waals surface area contributed by atoms with Crippen molar-refractivity contribution in [2.45, 2.75) is 50.2 Å². The summed E-state index contributed by atoms with van der Waals surface area (Å²) in [6, 6.07) is 0. The Morgan fingerprint density at radius 2 is 2.20 bits per heavy atom. The van der Waals surface area contributed by atoms with Gasteiger partial charge in [-0.15, -0.1) is 0 Å². The van der Waals surface area contributed by atoms with Crippen LogP contribution in [0, 0.1) is 0 Å². The van der Waals surface area contributed by atoms with Gasteiger partial charge in [0.2, 0.25) is 0 Å². The second-order valence-electron chi connectivity index (χ2n) is 5.75. The maximum absolute atomic E-state index is 10.8. The molecule has 1 N–H and O–H groups in total. The van der Waals surface area contributed by atoms with Gasteiger partial charge >= 0.3 is 5.97 Å². The molecule has 112 valence electrons. The minimum atomic E-state index is -0.812. The standard InChI is InChI=1S/C14H22N2O3S/c1-10(2)11-8-15-13(20-9-12(17)18)16(11)14(3)4-6-19-7-5-14/h8,10H,4-7,9H2,1-3H3,(H,17,18). The summed E-state index contributed by atoms with van der Waals surface area (Å²) in [5.41, 5.74) is 1.14. The summed E-state index contributed by atoms with van der Waals surface area (Å²) in [4.78, 5) is 15.3. The van der Waals surface area contributed by atoms with Gasteiger partial charge in [-0.05, 0) is 25.7 Å². The van der Waals surface area contributed by atoms with Gasteiger partial charge in [0.05, 0.1) is 5.75 Å². The first-order chi connectivity index (χ1) is 9.44. The zero-order chi connectivity index (χ0) is 14.8. The Labute approximate surface area is 123 Å². The van der Waals surface area contributed by atoms with E-state index in [1.807, 2.05) is 6.20 Å². The number of aliphatic carboxylic acids is 1. The third-order valence-corrected chi connectivity index (χ3v) is 4.72. The van der Waals surface area contributed by atoms with E-state index in [1.54, 1.807) is 0 Å². The van der Waals surface area contributed by atoms with Crippen LogP contribution in [0.25, 0.3) is 0 Å². The van der Waals surface area contributed by atoms with Crippen molar-refractivity contribution in [3.05, 3.63) is 11.9 Å². The van der Waals surface area contributed by atoms with Gasteiger partial charge in [-0.3, -0.25) is 4.79 Å². The van der Waals surface area contributed by atoms with Crippen LogP contribution in [0.1, 0.15) is 45.2 Å². The Hall–Kier alpha value is -1.01. The summed E-state index contributed by atoms with van der Waals surface area (Å²) in [6.07, 6.45) is 3.75. The number of carboxylic acids is 1. The van der Waals surface area contributed by atoms with Crippen molar-refractivity contribution in [3.8, 4) is 0 Å². The lowest BCUT2D eigenvalue weighted by Gasteiger charge is -2.38. The summed E-state index contributed by atoms with van der Waals surface area (Å²) in [6.45, 7) is 7.99. The number of thioether (sulfide) groups is 1. The highest BCUT2D eigenvalue weighted by atomic mass is 32.2. The van der Waals surface area contributed by atoms with Crippen molar-refractivity contribution < 1.29 is 14.6 Å². The van der Waals surface area contributed by atoms with Crippen LogP contribution in [0.15, 0.2) is 11.4 Å². The molecule has 0 radical (unpaired) electrons. The van der Waals surface area contributed by atoms with Crippen LogP contribution in [0.3, 0.4) is 0 Å². The van der Waals surface area contributed by atoms with Gasteiger partial charge in [-0.25, -0.2) is 4.98 Å². The lowest BCUT2D eigenvalue weighted by molar-refractivity contribution is -0.133. The van der Waals surface area contributed by atoms with Gasteiger partial charge < -0.3 is 14.4 Å². The molecule has 0 aliphatic carbocycles. The maximum atomic E-state index is 10.8. The summed E-state index contributed by atoms with van der Waals surface area (Å²) < 4.78 is 7.71. The first-order valence-corrected chi connectivity index (χ1v) is 7.93. The monoisotopic (exact) mass is 298 g/mol. The van der Waals surface area contributed by atoms with Crippen LogP contribution in [0.2, 0.25) is 0 Å². The molecule has 0 unspecified atom stereocenters. The molecule has 0 amide bonds. The van der Waals surface area contributed by atoms with Crippen molar-refractivity contribution in [3.63, 3.8) is 0 Å². The highest BCUT2D eigenvalue weighted by Gasteiger charge is 2.33. The number of hydrogen-bond donors (Lipinski definition) is 1. The highest BCUT2D eigenvalue weighted by Crippen LogP contribution is 2.36. The minimum absolute atomic E-state index is 0.0325. The number of carbonyl (C=O) groups is 1. The van der Waals surface area contributed by atoms with E-state index in [4.69, 9.17) is 9.84 Å². The molecule has 1 aromatic heterocycles. The largest absolute Gasteiger partial charge is 0.481 e. The van der Waals surface area contributed by atoms with Crippen LogP contribution in [0.5, 0.6) is 0 Å². The quantitative estimate of drug-likeness (QED) is 0.847. The van der Waals surface area contributed by atoms with Gasteiger partial charge in [-0.2, -0.15) is 0 Å². The molecule has 0 atom stereocenters. The first kappa shape index (κ1) is 15.4. The van der Waals surface area contributed by atoms with Crippen LogP contribution in [-0.2, 0) is 15.1 Å². The Morgan fingerprint density at radius 1 is 1.55 bits per heavy atom. The third kappa shape index (κ3) is 3.17. The molecule has 0 saturated carbocycles. The number of nitrogens with zero attached hydrogens (tertiary/aromatic N) is 2. The Morgan fingerprint density at radius 3 is 2.75 bits per heavy atom. The summed E-state index contributed by atoms with van der Waals surface area (Å²) in [5.74, 6) is -0.407. The SMILES string of the molecule is CC(C)c1cnc(SCC(=O)O)n1C1(C)CCOCC1. The molecule has 0 aromatic carbocycles. The molecule has 1 aliphatic rings. The molecule has 6 heteroatoms. The normalized spacial score (nSPS) is 18.4. The van der Waals surface area contributed by atoms with Crippen LogP contribution in [-0.4, -0.2) is 39.6 Å². The van der Waals surface area contributed by atoms with Gasteiger partial charge in [0, 0.05) is 30.6 Å². The highest BCUT2D eigenvalue weighted by molar-refractivity contribution is 7.99.